The van der Waals surface area contributed by atoms with Crippen molar-refractivity contribution >= 4 is 28.7 Å². The minimum absolute atomic E-state index is 0.0594. The number of nitrogens with zero attached hydrogens (tertiary/aromatic N) is 3. The van der Waals surface area contributed by atoms with Crippen LogP contribution in [0.2, 0.25) is 0 Å². The summed E-state index contributed by atoms with van der Waals surface area (Å²) in [5.41, 5.74) is 6.94. The van der Waals surface area contributed by atoms with E-state index in [-0.39, 0.29) is 17.2 Å². The lowest BCUT2D eigenvalue weighted by Gasteiger charge is -2.12. The Balaban J connectivity index is 1.87. The zero-order valence-electron chi connectivity index (χ0n) is 11.8. The number of halogens is 2. The lowest BCUT2D eigenvalue weighted by molar-refractivity contribution is 0.586. The van der Waals surface area contributed by atoms with Crippen LogP contribution >= 0.6 is 0 Å². The Labute approximate surface area is 130 Å². The number of rotatable bonds is 4. The largest absolute Gasteiger partial charge is 0.393 e. The van der Waals surface area contributed by atoms with E-state index in [0.717, 1.165) is 12.1 Å². The Kier molecular flexibility index (Phi) is 3.96. The average molecular weight is 314 g/mol. The molecule has 3 aromatic rings. The molecule has 0 saturated carbocycles. The minimum Gasteiger partial charge on any atom is -0.393 e. The van der Waals surface area contributed by atoms with Crippen LogP contribution in [-0.2, 0) is 0 Å². The number of nitrogen functional groups attached to an aromatic ring is 1. The fraction of sp³-hybridized carbons (Fsp3) is 0. The number of pyridine rings is 1. The van der Waals surface area contributed by atoms with Crippen molar-refractivity contribution in [2.45, 2.75) is 0 Å². The lowest BCUT2D eigenvalue weighted by atomic mass is 10.3. The number of anilines is 5. The second kappa shape index (κ2) is 6.22. The highest BCUT2D eigenvalue weighted by atomic mass is 19.1. The lowest BCUT2D eigenvalue weighted by Crippen LogP contribution is -2.06. The predicted octanol–water partition coefficient (Wildman–Crippen LogP) is 3.22. The van der Waals surface area contributed by atoms with Crippen molar-refractivity contribution in [2.24, 2.45) is 0 Å². The van der Waals surface area contributed by atoms with Crippen LogP contribution in [0.4, 0.5) is 37.5 Å². The average Bonchev–Trinajstić information content (AvgIpc) is 2.54. The van der Waals surface area contributed by atoms with Crippen molar-refractivity contribution in [1.82, 2.24) is 15.0 Å². The molecule has 6 nitrogen and oxygen atoms in total. The van der Waals surface area contributed by atoms with Crippen LogP contribution in [0.1, 0.15) is 0 Å². The number of nitrogens with two attached hydrogens (primary N) is 1. The third-order valence-corrected chi connectivity index (χ3v) is 2.99. The molecule has 0 atom stereocenters. The summed E-state index contributed by atoms with van der Waals surface area (Å²) in [5, 5.41) is 5.71. The summed E-state index contributed by atoms with van der Waals surface area (Å²) in [4.78, 5) is 12.0. The topological polar surface area (TPSA) is 88.8 Å². The number of aromatic nitrogens is 3. The van der Waals surface area contributed by atoms with Crippen LogP contribution in [0, 0.1) is 11.6 Å². The van der Waals surface area contributed by atoms with Gasteiger partial charge in [-0.3, -0.25) is 4.98 Å². The maximum Gasteiger partial charge on any atom is 0.159 e. The highest BCUT2D eigenvalue weighted by molar-refractivity contribution is 5.80. The molecule has 0 aliphatic rings. The van der Waals surface area contributed by atoms with Gasteiger partial charge in [-0.05, 0) is 24.3 Å². The van der Waals surface area contributed by atoms with Crippen LogP contribution < -0.4 is 16.4 Å². The van der Waals surface area contributed by atoms with Gasteiger partial charge < -0.3 is 16.4 Å². The minimum atomic E-state index is -0.746. The zero-order valence-corrected chi connectivity index (χ0v) is 11.8. The molecule has 2 aromatic heterocycles. The van der Waals surface area contributed by atoms with E-state index in [1.54, 1.807) is 24.5 Å². The van der Waals surface area contributed by atoms with Crippen molar-refractivity contribution in [2.75, 3.05) is 16.4 Å². The highest BCUT2D eigenvalue weighted by Gasteiger charge is 2.11. The van der Waals surface area contributed by atoms with Gasteiger partial charge in [0.1, 0.15) is 23.6 Å². The molecule has 4 N–H and O–H groups in total. The molecular weight excluding hydrogens is 302 g/mol. The second-order valence-electron chi connectivity index (χ2n) is 4.60. The Bertz CT molecular complexity index is 825. The van der Waals surface area contributed by atoms with Crippen LogP contribution in [0.5, 0.6) is 0 Å². The maximum absolute atomic E-state index is 13.7. The van der Waals surface area contributed by atoms with Crippen LogP contribution in [0.15, 0.2) is 49.1 Å². The van der Waals surface area contributed by atoms with Gasteiger partial charge >= 0.3 is 0 Å². The van der Waals surface area contributed by atoms with Gasteiger partial charge in [-0.15, -0.1) is 0 Å². The summed E-state index contributed by atoms with van der Waals surface area (Å²) in [5.74, 6) is -0.859. The Morgan fingerprint density at radius 1 is 1.00 bits per heavy atom. The van der Waals surface area contributed by atoms with Crippen molar-refractivity contribution < 1.29 is 8.78 Å². The summed E-state index contributed by atoms with van der Waals surface area (Å²) in [6, 6.07) is 6.72. The molecule has 0 radical (unpaired) electrons. The van der Waals surface area contributed by atoms with E-state index in [4.69, 9.17) is 5.73 Å². The third-order valence-electron chi connectivity index (χ3n) is 2.99. The second-order valence-corrected chi connectivity index (χ2v) is 4.60. The van der Waals surface area contributed by atoms with Gasteiger partial charge in [-0.2, -0.15) is 0 Å². The van der Waals surface area contributed by atoms with Crippen molar-refractivity contribution in [3.8, 4) is 0 Å². The number of hydrogen-bond acceptors (Lipinski definition) is 6. The molecule has 8 heteroatoms. The first-order chi connectivity index (χ1) is 11.1. The molecular formula is C15H12F2N6. The number of hydrogen-bond donors (Lipinski definition) is 3. The molecule has 0 aliphatic heterocycles. The van der Waals surface area contributed by atoms with E-state index < -0.39 is 11.6 Å². The molecule has 0 fully saturated rings. The van der Waals surface area contributed by atoms with E-state index in [9.17, 15) is 8.78 Å². The Hall–Kier alpha value is -3.29. The van der Waals surface area contributed by atoms with Gasteiger partial charge in [0.2, 0.25) is 0 Å². The fourth-order valence-corrected chi connectivity index (χ4v) is 1.89. The van der Waals surface area contributed by atoms with Gasteiger partial charge in [0.15, 0.2) is 11.6 Å². The molecule has 0 bridgehead atoms. The van der Waals surface area contributed by atoms with Gasteiger partial charge in [0, 0.05) is 12.3 Å². The first-order valence-electron chi connectivity index (χ1n) is 6.63. The van der Waals surface area contributed by atoms with E-state index in [1.165, 1.54) is 12.4 Å². The maximum atomic E-state index is 13.7. The van der Waals surface area contributed by atoms with E-state index in [1.807, 2.05) is 0 Å². The molecule has 3 rings (SSSR count). The molecule has 0 aliphatic carbocycles. The number of benzene rings is 1. The van der Waals surface area contributed by atoms with Gasteiger partial charge in [-0.1, -0.05) is 0 Å². The SMILES string of the molecule is Nc1c(Nc2cccnc2)ncnc1Nc1ccc(F)cc1F. The standard InChI is InChI=1S/C15H12F2N6/c16-9-3-4-12(11(17)6-9)23-15-13(18)14(20-8-21-15)22-10-2-1-5-19-7-10/h1-8H,18H2,(H2,20,21,22,23). The first-order valence-corrected chi connectivity index (χ1v) is 6.63. The van der Waals surface area contributed by atoms with Gasteiger partial charge in [-0.25, -0.2) is 18.7 Å². The molecule has 116 valence electrons. The van der Waals surface area contributed by atoms with Crippen LogP contribution in [0.3, 0.4) is 0 Å². The van der Waals surface area contributed by atoms with Gasteiger partial charge in [0.05, 0.1) is 17.6 Å². The Morgan fingerprint density at radius 2 is 1.78 bits per heavy atom. The van der Waals surface area contributed by atoms with E-state index in [2.05, 4.69) is 25.6 Å². The van der Waals surface area contributed by atoms with E-state index >= 15 is 0 Å². The van der Waals surface area contributed by atoms with Crippen molar-refractivity contribution in [3.05, 3.63) is 60.7 Å². The van der Waals surface area contributed by atoms with Crippen molar-refractivity contribution in [3.63, 3.8) is 0 Å². The first kappa shape index (κ1) is 14.6. The molecule has 0 spiro atoms. The number of nitrogens with one attached hydrogen (secondary N) is 2. The fourth-order valence-electron chi connectivity index (χ4n) is 1.89. The van der Waals surface area contributed by atoms with Crippen LogP contribution in [0.25, 0.3) is 0 Å². The molecule has 1 aromatic carbocycles. The molecule has 0 unspecified atom stereocenters. The summed E-state index contributed by atoms with van der Waals surface area (Å²) < 4.78 is 26.6. The molecule has 23 heavy (non-hydrogen) atoms. The summed E-state index contributed by atoms with van der Waals surface area (Å²) in [6.07, 6.45) is 4.52. The zero-order chi connectivity index (χ0) is 16.2. The summed E-state index contributed by atoms with van der Waals surface area (Å²) in [7, 11) is 0. The summed E-state index contributed by atoms with van der Waals surface area (Å²) >= 11 is 0. The monoisotopic (exact) mass is 314 g/mol. The highest BCUT2D eigenvalue weighted by Crippen LogP contribution is 2.28. The van der Waals surface area contributed by atoms with Crippen molar-refractivity contribution in [1.29, 1.82) is 0 Å². The molecule has 0 amide bonds. The molecule has 2 heterocycles. The molecule has 0 saturated heterocycles. The van der Waals surface area contributed by atoms with Gasteiger partial charge in [0.25, 0.3) is 0 Å². The predicted molar refractivity (Wildman–Crippen MR) is 83.6 cm³/mol. The third kappa shape index (κ3) is 3.31. The van der Waals surface area contributed by atoms with E-state index in [0.29, 0.717) is 11.5 Å². The summed E-state index contributed by atoms with van der Waals surface area (Å²) in [6.45, 7) is 0. The smallest absolute Gasteiger partial charge is 0.159 e. The quantitative estimate of drug-likeness (QED) is 0.685. The van der Waals surface area contributed by atoms with Crippen LogP contribution in [-0.4, -0.2) is 15.0 Å². The Morgan fingerprint density at radius 3 is 2.48 bits per heavy atom. The normalized spacial score (nSPS) is 10.3.